The standard InChI is InChI=1S/C12H14ClF3N2O/c1-17-11(19)2-3-18-7-8-4-9(12(14,15)16)6-10(13)5-8/h4-6,18H,2-3,7H2,1H3,(H,17,19). The van der Waals surface area contributed by atoms with Crippen LogP contribution in [0, 0.1) is 0 Å². The summed E-state index contributed by atoms with van der Waals surface area (Å²) in [6.07, 6.45) is -4.15. The molecular formula is C12H14ClF3N2O. The molecule has 0 spiro atoms. The van der Waals surface area contributed by atoms with Crippen LogP contribution in [0.25, 0.3) is 0 Å². The van der Waals surface area contributed by atoms with Gasteiger partial charge in [-0.15, -0.1) is 0 Å². The Morgan fingerprint density at radius 3 is 2.58 bits per heavy atom. The van der Waals surface area contributed by atoms with Crippen LogP contribution in [-0.2, 0) is 17.5 Å². The monoisotopic (exact) mass is 294 g/mol. The molecule has 1 amide bonds. The van der Waals surface area contributed by atoms with Crippen LogP contribution in [0.3, 0.4) is 0 Å². The molecule has 0 saturated heterocycles. The van der Waals surface area contributed by atoms with E-state index in [0.29, 0.717) is 12.1 Å². The van der Waals surface area contributed by atoms with Gasteiger partial charge in [0.15, 0.2) is 0 Å². The number of hydrogen-bond donors (Lipinski definition) is 2. The van der Waals surface area contributed by atoms with Crippen LogP contribution >= 0.6 is 11.6 Å². The van der Waals surface area contributed by atoms with E-state index < -0.39 is 11.7 Å². The first-order valence-electron chi connectivity index (χ1n) is 5.61. The van der Waals surface area contributed by atoms with Crippen molar-refractivity contribution in [1.29, 1.82) is 0 Å². The first-order chi connectivity index (χ1) is 8.82. The third-order valence-corrected chi connectivity index (χ3v) is 2.64. The van der Waals surface area contributed by atoms with Crippen molar-refractivity contribution in [1.82, 2.24) is 10.6 Å². The fourth-order valence-electron chi connectivity index (χ4n) is 1.48. The maximum absolute atomic E-state index is 12.6. The van der Waals surface area contributed by atoms with Gasteiger partial charge < -0.3 is 10.6 Å². The molecule has 0 aliphatic carbocycles. The third-order valence-electron chi connectivity index (χ3n) is 2.42. The molecule has 1 aromatic rings. The lowest BCUT2D eigenvalue weighted by Gasteiger charge is -2.10. The maximum atomic E-state index is 12.6. The van der Waals surface area contributed by atoms with Crippen LogP contribution in [0.15, 0.2) is 18.2 Å². The van der Waals surface area contributed by atoms with Crippen LogP contribution in [0.2, 0.25) is 5.02 Å². The van der Waals surface area contributed by atoms with Gasteiger partial charge >= 0.3 is 6.18 Å². The maximum Gasteiger partial charge on any atom is 0.416 e. The normalized spacial score (nSPS) is 11.4. The van der Waals surface area contributed by atoms with E-state index in [4.69, 9.17) is 11.6 Å². The van der Waals surface area contributed by atoms with E-state index >= 15 is 0 Å². The molecule has 2 N–H and O–H groups in total. The highest BCUT2D eigenvalue weighted by Gasteiger charge is 2.30. The summed E-state index contributed by atoms with van der Waals surface area (Å²) < 4.78 is 37.7. The smallest absolute Gasteiger partial charge is 0.359 e. The summed E-state index contributed by atoms with van der Waals surface area (Å²) in [5.41, 5.74) is -0.347. The molecule has 0 atom stereocenters. The molecule has 0 unspecified atom stereocenters. The predicted octanol–water partition coefficient (Wildman–Crippen LogP) is 2.58. The van der Waals surface area contributed by atoms with Crippen molar-refractivity contribution < 1.29 is 18.0 Å². The topological polar surface area (TPSA) is 41.1 Å². The van der Waals surface area contributed by atoms with Gasteiger partial charge in [0, 0.05) is 31.6 Å². The Balaban J connectivity index is 2.59. The minimum atomic E-state index is -4.41. The lowest BCUT2D eigenvalue weighted by molar-refractivity contribution is -0.137. The number of benzene rings is 1. The molecule has 0 fully saturated rings. The van der Waals surface area contributed by atoms with Gasteiger partial charge in [0.1, 0.15) is 0 Å². The van der Waals surface area contributed by atoms with Crippen molar-refractivity contribution in [3.8, 4) is 0 Å². The van der Waals surface area contributed by atoms with Gasteiger partial charge in [-0.25, -0.2) is 0 Å². The van der Waals surface area contributed by atoms with Crippen LogP contribution in [-0.4, -0.2) is 19.5 Å². The quantitative estimate of drug-likeness (QED) is 0.820. The van der Waals surface area contributed by atoms with Crippen LogP contribution in [0.4, 0.5) is 13.2 Å². The van der Waals surface area contributed by atoms with Crippen LogP contribution in [0.5, 0.6) is 0 Å². The molecule has 0 aromatic heterocycles. The van der Waals surface area contributed by atoms with Crippen molar-refractivity contribution in [2.45, 2.75) is 19.1 Å². The van der Waals surface area contributed by atoms with Crippen molar-refractivity contribution in [2.24, 2.45) is 0 Å². The van der Waals surface area contributed by atoms with E-state index in [9.17, 15) is 18.0 Å². The van der Waals surface area contributed by atoms with E-state index in [1.165, 1.54) is 13.1 Å². The third kappa shape index (κ3) is 5.48. The Kier molecular flexibility index (Phi) is 5.62. The number of amides is 1. The molecular weight excluding hydrogens is 281 g/mol. The number of nitrogens with one attached hydrogen (secondary N) is 2. The van der Waals surface area contributed by atoms with Gasteiger partial charge in [-0.1, -0.05) is 11.6 Å². The zero-order chi connectivity index (χ0) is 14.5. The molecule has 0 heterocycles. The molecule has 1 rings (SSSR count). The second-order valence-corrected chi connectivity index (χ2v) is 4.38. The van der Waals surface area contributed by atoms with Crippen molar-refractivity contribution in [3.05, 3.63) is 34.3 Å². The molecule has 0 aliphatic rings. The van der Waals surface area contributed by atoms with Gasteiger partial charge in [0.05, 0.1) is 5.56 Å². The number of rotatable bonds is 5. The van der Waals surface area contributed by atoms with Crippen molar-refractivity contribution >= 4 is 17.5 Å². The number of hydrogen-bond acceptors (Lipinski definition) is 2. The second-order valence-electron chi connectivity index (χ2n) is 3.95. The average molecular weight is 295 g/mol. The fourth-order valence-corrected chi connectivity index (χ4v) is 1.73. The molecule has 3 nitrogen and oxygen atoms in total. The summed E-state index contributed by atoms with van der Waals surface area (Å²) >= 11 is 5.65. The Labute approximate surface area is 114 Å². The molecule has 0 radical (unpaired) electrons. The SMILES string of the molecule is CNC(=O)CCNCc1cc(Cl)cc(C(F)(F)F)c1. The Bertz CT molecular complexity index is 449. The highest BCUT2D eigenvalue weighted by molar-refractivity contribution is 6.30. The highest BCUT2D eigenvalue weighted by Crippen LogP contribution is 2.31. The van der Waals surface area contributed by atoms with Gasteiger partial charge in [-0.3, -0.25) is 4.79 Å². The van der Waals surface area contributed by atoms with E-state index in [-0.39, 0.29) is 23.9 Å². The lowest BCUT2D eigenvalue weighted by atomic mass is 10.1. The van der Waals surface area contributed by atoms with Crippen LogP contribution < -0.4 is 10.6 Å². The molecule has 19 heavy (non-hydrogen) atoms. The molecule has 7 heteroatoms. The molecule has 0 saturated carbocycles. The summed E-state index contributed by atoms with van der Waals surface area (Å²) in [5, 5.41) is 5.38. The van der Waals surface area contributed by atoms with E-state index in [1.54, 1.807) is 0 Å². The minimum absolute atomic E-state index is 0.0397. The lowest BCUT2D eigenvalue weighted by Crippen LogP contribution is -2.24. The summed E-state index contributed by atoms with van der Waals surface area (Å²) in [6.45, 7) is 0.605. The Morgan fingerprint density at radius 1 is 1.32 bits per heavy atom. The molecule has 1 aromatic carbocycles. The summed E-state index contributed by atoms with van der Waals surface area (Å²) in [4.78, 5) is 10.9. The highest BCUT2D eigenvalue weighted by atomic mass is 35.5. The first-order valence-corrected chi connectivity index (χ1v) is 5.98. The Morgan fingerprint density at radius 2 is 2.00 bits per heavy atom. The number of carbonyl (C=O) groups excluding carboxylic acids is 1. The Hall–Kier alpha value is -1.27. The van der Waals surface area contributed by atoms with Crippen molar-refractivity contribution in [2.75, 3.05) is 13.6 Å². The van der Waals surface area contributed by atoms with E-state index in [1.807, 2.05) is 0 Å². The zero-order valence-corrected chi connectivity index (χ0v) is 11.0. The van der Waals surface area contributed by atoms with E-state index in [0.717, 1.165) is 12.1 Å². The molecule has 106 valence electrons. The fraction of sp³-hybridized carbons (Fsp3) is 0.417. The minimum Gasteiger partial charge on any atom is -0.359 e. The summed E-state index contributed by atoms with van der Waals surface area (Å²) in [7, 11) is 1.52. The summed E-state index contributed by atoms with van der Waals surface area (Å²) in [5.74, 6) is -0.130. The van der Waals surface area contributed by atoms with Gasteiger partial charge in [0.25, 0.3) is 0 Å². The van der Waals surface area contributed by atoms with Crippen molar-refractivity contribution in [3.63, 3.8) is 0 Å². The van der Waals surface area contributed by atoms with E-state index in [2.05, 4.69) is 10.6 Å². The van der Waals surface area contributed by atoms with Crippen LogP contribution in [0.1, 0.15) is 17.5 Å². The predicted molar refractivity (Wildman–Crippen MR) is 66.8 cm³/mol. The largest absolute Gasteiger partial charge is 0.416 e. The number of alkyl halides is 3. The second kappa shape index (κ2) is 6.77. The average Bonchev–Trinajstić information content (AvgIpc) is 2.32. The number of carbonyl (C=O) groups is 1. The van der Waals surface area contributed by atoms with Gasteiger partial charge in [-0.05, 0) is 23.8 Å². The number of halogens is 4. The first kappa shape index (κ1) is 15.8. The van der Waals surface area contributed by atoms with Gasteiger partial charge in [0.2, 0.25) is 5.91 Å². The zero-order valence-electron chi connectivity index (χ0n) is 10.3. The molecule has 0 aliphatic heterocycles. The molecule has 0 bridgehead atoms. The summed E-state index contributed by atoms with van der Waals surface area (Å²) in [6, 6.07) is 3.39. The van der Waals surface area contributed by atoms with Gasteiger partial charge in [-0.2, -0.15) is 13.2 Å².